The van der Waals surface area contributed by atoms with Crippen molar-refractivity contribution in [3.05, 3.63) is 0 Å². The first kappa shape index (κ1) is 15.4. The molecule has 0 spiro atoms. The zero-order valence-electron chi connectivity index (χ0n) is 11.6. The van der Waals surface area contributed by atoms with E-state index < -0.39 is 0 Å². The molecular weight excluding hydrogens is 230 g/mol. The summed E-state index contributed by atoms with van der Waals surface area (Å²) in [4.78, 5) is 11.5. The van der Waals surface area contributed by atoms with Gasteiger partial charge in [0, 0.05) is 19.1 Å². The van der Waals surface area contributed by atoms with Crippen LogP contribution >= 0.6 is 0 Å². The lowest BCUT2D eigenvalue weighted by atomic mass is 10.0. The van der Waals surface area contributed by atoms with Gasteiger partial charge in [-0.2, -0.15) is 0 Å². The summed E-state index contributed by atoms with van der Waals surface area (Å²) < 4.78 is 10.5. The number of piperidine rings is 1. The molecule has 0 bridgehead atoms. The molecular formula is C14H27NO3. The van der Waals surface area contributed by atoms with E-state index in [1.165, 1.54) is 19.3 Å². The van der Waals surface area contributed by atoms with Crippen molar-refractivity contribution < 1.29 is 14.3 Å². The molecule has 1 aliphatic rings. The molecule has 0 aromatic carbocycles. The first-order chi connectivity index (χ1) is 8.83. The molecule has 1 N–H and O–H groups in total. The van der Waals surface area contributed by atoms with Gasteiger partial charge in [-0.15, -0.1) is 0 Å². The SMILES string of the molecule is CCCCOCCOC(=O)CCC1CCCCN1. The molecule has 0 aliphatic carbocycles. The first-order valence-electron chi connectivity index (χ1n) is 7.29. The molecule has 0 radical (unpaired) electrons. The Morgan fingerprint density at radius 2 is 2.17 bits per heavy atom. The summed E-state index contributed by atoms with van der Waals surface area (Å²) in [6.07, 6.45) is 7.35. The van der Waals surface area contributed by atoms with E-state index in [-0.39, 0.29) is 5.97 Å². The molecule has 18 heavy (non-hydrogen) atoms. The van der Waals surface area contributed by atoms with Gasteiger partial charge < -0.3 is 14.8 Å². The van der Waals surface area contributed by atoms with Crippen molar-refractivity contribution in [3.63, 3.8) is 0 Å². The van der Waals surface area contributed by atoms with Gasteiger partial charge in [-0.25, -0.2) is 0 Å². The fraction of sp³-hybridized carbons (Fsp3) is 0.929. The Kier molecular flexibility index (Phi) is 8.86. The molecule has 1 rings (SSSR count). The van der Waals surface area contributed by atoms with Crippen LogP contribution in [0.15, 0.2) is 0 Å². The molecule has 0 aromatic heterocycles. The van der Waals surface area contributed by atoms with Crippen LogP contribution in [-0.4, -0.2) is 38.4 Å². The highest BCUT2D eigenvalue weighted by Crippen LogP contribution is 2.11. The van der Waals surface area contributed by atoms with E-state index in [2.05, 4.69) is 12.2 Å². The van der Waals surface area contributed by atoms with Gasteiger partial charge in [0.25, 0.3) is 0 Å². The number of unbranched alkanes of at least 4 members (excludes halogenated alkanes) is 1. The predicted molar refractivity (Wildman–Crippen MR) is 71.6 cm³/mol. The average molecular weight is 257 g/mol. The van der Waals surface area contributed by atoms with Gasteiger partial charge in [0.15, 0.2) is 0 Å². The number of ether oxygens (including phenoxy) is 2. The molecule has 1 atom stereocenters. The Bertz CT molecular complexity index is 215. The Balaban J connectivity index is 1.90. The summed E-state index contributed by atoms with van der Waals surface area (Å²) >= 11 is 0. The lowest BCUT2D eigenvalue weighted by Crippen LogP contribution is -2.34. The van der Waals surface area contributed by atoms with E-state index in [1.54, 1.807) is 0 Å². The molecule has 4 heteroatoms. The van der Waals surface area contributed by atoms with Crippen LogP contribution in [0.4, 0.5) is 0 Å². The maximum atomic E-state index is 11.5. The van der Waals surface area contributed by atoms with Crippen LogP contribution < -0.4 is 5.32 Å². The summed E-state index contributed by atoms with van der Waals surface area (Å²) in [5.74, 6) is -0.0959. The minimum absolute atomic E-state index is 0.0959. The van der Waals surface area contributed by atoms with Crippen LogP contribution in [0, 0.1) is 0 Å². The van der Waals surface area contributed by atoms with Crippen LogP contribution in [0.2, 0.25) is 0 Å². The molecule has 1 aliphatic heterocycles. The lowest BCUT2D eigenvalue weighted by Gasteiger charge is -2.22. The highest BCUT2D eigenvalue weighted by atomic mass is 16.6. The zero-order chi connectivity index (χ0) is 13.1. The largest absolute Gasteiger partial charge is 0.463 e. The van der Waals surface area contributed by atoms with E-state index >= 15 is 0 Å². The Morgan fingerprint density at radius 1 is 1.28 bits per heavy atom. The second-order valence-electron chi connectivity index (χ2n) is 4.87. The van der Waals surface area contributed by atoms with Crippen molar-refractivity contribution in [2.75, 3.05) is 26.4 Å². The van der Waals surface area contributed by atoms with Gasteiger partial charge in [-0.05, 0) is 32.2 Å². The number of hydrogen-bond donors (Lipinski definition) is 1. The summed E-state index contributed by atoms with van der Waals surface area (Å²) in [6, 6.07) is 0.507. The Labute approximate surface area is 110 Å². The second-order valence-corrected chi connectivity index (χ2v) is 4.87. The smallest absolute Gasteiger partial charge is 0.305 e. The van der Waals surface area contributed by atoms with E-state index in [1.807, 2.05) is 0 Å². The molecule has 0 saturated carbocycles. The van der Waals surface area contributed by atoms with Crippen LogP contribution in [-0.2, 0) is 14.3 Å². The van der Waals surface area contributed by atoms with E-state index in [9.17, 15) is 4.79 Å². The minimum Gasteiger partial charge on any atom is -0.463 e. The number of carbonyl (C=O) groups is 1. The maximum Gasteiger partial charge on any atom is 0.305 e. The van der Waals surface area contributed by atoms with Crippen molar-refractivity contribution in [3.8, 4) is 0 Å². The zero-order valence-corrected chi connectivity index (χ0v) is 11.6. The van der Waals surface area contributed by atoms with E-state index in [0.29, 0.717) is 25.7 Å². The second kappa shape index (κ2) is 10.3. The maximum absolute atomic E-state index is 11.5. The van der Waals surface area contributed by atoms with Gasteiger partial charge in [-0.1, -0.05) is 19.8 Å². The van der Waals surface area contributed by atoms with Gasteiger partial charge >= 0.3 is 5.97 Å². The van der Waals surface area contributed by atoms with Gasteiger partial charge in [0.2, 0.25) is 0 Å². The molecule has 1 fully saturated rings. The fourth-order valence-corrected chi connectivity index (χ4v) is 2.10. The van der Waals surface area contributed by atoms with Gasteiger partial charge in [-0.3, -0.25) is 4.79 Å². The van der Waals surface area contributed by atoms with Crippen molar-refractivity contribution in [1.82, 2.24) is 5.32 Å². The number of hydrogen-bond acceptors (Lipinski definition) is 4. The van der Waals surface area contributed by atoms with Crippen molar-refractivity contribution in [2.24, 2.45) is 0 Å². The Hall–Kier alpha value is -0.610. The quantitative estimate of drug-likeness (QED) is 0.508. The van der Waals surface area contributed by atoms with Crippen LogP contribution in [0.25, 0.3) is 0 Å². The van der Waals surface area contributed by atoms with Crippen LogP contribution in [0.5, 0.6) is 0 Å². The van der Waals surface area contributed by atoms with Gasteiger partial charge in [0.1, 0.15) is 6.61 Å². The molecule has 1 heterocycles. The fourth-order valence-electron chi connectivity index (χ4n) is 2.10. The normalized spacial score (nSPS) is 19.7. The highest BCUT2D eigenvalue weighted by molar-refractivity contribution is 5.69. The third-order valence-electron chi connectivity index (χ3n) is 3.24. The number of carbonyl (C=O) groups excluding carboxylic acids is 1. The topological polar surface area (TPSA) is 47.6 Å². The van der Waals surface area contributed by atoms with Crippen LogP contribution in [0.3, 0.4) is 0 Å². The summed E-state index contributed by atoms with van der Waals surface area (Å²) in [6.45, 7) is 4.89. The number of nitrogens with one attached hydrogen (secondary N) is 1. The predicted octanol–water partition coefficient (Wildman–Crippen LogP) is 2.27. The standard InChI is InChI=1S/C14H27NO3/c1-2-3-10-17-11-12-18-14(16)8-7-13-6-4-5-9-15-13/h13,15H,2-12H2,1H3. The van der Waals surface area contributed by atoms with Crippen molar-refractivity contribution >= 4 is 5.97 Å². The van der Waals surface area contributed by atoms with Gasteiger partial charge in [0.05, 0.1) is 6.61 Å². The molecule has 1 saturated heterocycles. The minimum atomic E-state index is -0.0959. The van der Waals surface area contributed by atoms with E-state index in [4.69, 9.17) is 9.47 Å². The van der Waals surface area contributed by atoms with Crippen molar-refractivity contribution in [1.29, 1.82) is 0 Å². The molecule has 4 nitrogen and oxygen atoms in total. The summed E-state index contributed by atoms with van der Waals surface area (Å²) in [7, 11) is 0. The summed E-state index contributed by atoms with van der Waals surface area (Å²) in [5, 5.41) is 3.43. The molecule has 1 unspecified atom stereocenters. The third kappa shape index (κ3) is 7.67. The first-order valence-corrected chi connectivity index (χ1v) is 7.29. The molecule has 0 amide bonds. The highest BCUT2D eigenvalue weighted by Gasteiger charge is 2.14. The van der Waals surface area contributed by atoms with Crippen molar-refractivity contribution in [2.45, 2.75) is 57.9 Å². The Morgan fingerprint density at radius 3 is 2.89 bits per heavy atom. The average Bonchev–Trinajstić information content (AvgIpc) is 2.41. The van der Waals surface area contributed by atoms with E-state index in [0.717, 1.165) is 32.4 Å². The third-order valence-corrected chi connectivity index (χ3v) is 3.24. The number of rotatable bonds is 9. The van der Waals surface area contributed by atoms with Crippen LogP contribution in [0.1, 0.15) is 51.9 Å². The number of esters is 1. The summed E-state index contributed by atoms with van der Waals surface area (Å²) in [5.41, 5.74) is 0. The lowest BCUT2D eigenvalue weighted by molar-refractivity contribution is -0.145. The monoisotopic (exact) mass is 257 g/mol. The molecule has 0 aromatic rings. The molecule has 106 valence electrons.